The molecule has 1 aliphatic rings. The summed E-state index contributed by atoms with van der Waals surface area (Å²) in [6, 6.07) is 0. The Morgan fingerprint density at radius 3 is 1.69 bits per heavy atom. The average Bonchev–Trinajstić information content (AvgIpc) is 3.07. The molecule has 0 bridgehead atoms. The molecule has 6 unspecified atom stereocenters. The third kappa shape index (κ3) is 23.1. The molecule has 1 rings (SSSR count). The van der Waals surface area contributed by atoms with Gasteiger partial charge in [-0.05, 0) is 57.8 Å². The number of hydrogen-bond acceptors (Lipinski definition) is 9. The Morgan fingerprint density at radius 2 is 1.17 bits per heavy atom. The average molecular weight is 677 g/mol. The van der Waals surface area contributed by atoms with E-state index < -0.39 is 49.4 Å². The molecule has 0 amide bonds. The summed E-state index contributed by atoms with van der Waals surface area (Å²) in [6.45, 7) is 3.39. The van der Waals surface area contributed by atoms with Gasteiger partial charge in [0.05, 0.1) is 19.8 Å². The van der Waals surface area contributed by atoms with Crippen LogP contribution in [0.2, 0.25) is 0 Å². The van der Waals surface area contributed by atoms with Crippen molar-refractivity contribution < 1.29 is 44.2 Å². The van der Waals surface area contributed by atoms with Crippen molar-refractivity contribution in [3.63, 3.8) is 0 Å². The van der Waals surface area contributed by atoms with Crippen molar-refractivity contribution in [3.8, 4) is 0 Å². The van der Waals surface area contributed by atoms with Crippen molar-refractivity contribution in [2.75, 3.05) is 26.4 Å². The molecule has 0 aromatic heterocycles. The second kappa shape index (κ2) is 30.7. The number of hydrogen-bond donors (Lipinski definition) is 4. The van der Waals surface area contributed by atoms with E-state index >= 15 is 0 Å². The van der Waals surface area contributed by atoms with Gasteiger partial charge in [-0.1, -0.05) is 112 Å². The van der Waals surface area contributed by atoms with Crippen LogP contribution in [0, 0.1) is 0 Å². The normalized spacial score (nSPS) is 22.8. The number of unbranched alkanes of at least 4 members (excludes halogenated alkanes) is 7. The Kier molecular flexibility index (Phi) is 27.9. The summed E-state index contributed by atoms with van der Waals surface area (Å²) in [6.07, 6.45) is 34.3. The molecule has 9 heteroatoms. The van der Waals surface area contributed by atoms with Gasteiger partial charge in [-0.25, -0.2) is 0 Å². The molecule has 0 saturated carbocycles. The Labute approximate surface area is 289 Å². The molecule has 0 spiro atoms. The van der Waals surface area contributed by atoms with E-state index in [1.807, 2.05) is 0 Å². The van der Waals surface area contributed by atoms with E-state index in [9.17, 15) is 25.2 Å². The molecule has 1 heterocycles. The number of allylic oxidation sites excluding steroid dienone is 12. The first-order valence-corrected chi connectivity index (χ1v) is 18.0. The lowest BCUT2D eigenvalue weighted by Crippen LogP contribution is -2.59. The SMILES string of the molecule is CC/C=C\C/C=C\C/C=C\C/C=C\C/C=C\C/C=C\CCCCCCCCCOCC(COC1OC(CO)C(O)C(O)C1O)OC(C)=O. The third-order valence-electron chi connectivity index (χ3n) is 7.69. The van der Waals surface area contributed by atoms with Crippen LogP contribution in [0.4, 0.5) is 0 Å². The summed E-state index contributed by atoms with van der Waals surface area (Å²) in [7, 11) is 0. The van der Waals surface area contributed by atoms with Gasteiger partial charge in [-0.2, -0.15) is 0 Å². The Morgan fingerprint density at radius 1 is 0.667 bits per heavy atom. The summed E-state index contributed by atoms with van der Waals surface area (Å²) in [4.78, 5) is 11.5. The number of aliphatic hydroxyl groups is 4. The maximum atomic E-state index is 11.5. The highest BCUT2D eigenvalue weighted by molar-refractivity contribution is 5.66. The van der Waals surface area contributed by atoms with Crippen molar-refractivity contribution in [1.29, 1.82) is 0 Å². The molecule has 1 fully saturated rings. The second-order valence-corrected chi connectivity index (χ2v) is 12.0. The molecule has 4 N–H and O–H groups in total. The quantitative estimate of drug-likeness (QED) is 0.0412. The van der Waals surface area contributed by atoms with Gasteiger partial charge in [0.1, 0.15) is 30.5 Å². The zero-order valence-corrected chi connectivity index (χ0v) is 29.5. The summed E-state index contributed by atoms with van der Waals surface area (Å²) < 4.78 is 21.7. The predicted octanol–water partition coefficient (Wildman–Crippen LogP) is 6.57. The van der Waals surface area contributed by atoms with Crippen LogP contribution in [0.25, 0.3) is 0 Å². The van der Waals surface area contributed by atoms with Gasteiger partial charge in [-0.3, -0.25) is 4.79 Å². The van der Waals surface area contributed by atoms with Crippen LogP contribution in [0.5, 0.6) is 0 Å². The fraction of sp³-hybridized carbons (Fsp3) is 0.667. The van der Waals surface area contributed by atoms with Crippen molar-refractivity contribution in [3.05, 3.63) is 72.9 Å². The van der Waals surface area contributed by atoms with E-state index in [0.29, 0.717) is 6.61 Å². The van der Waals surface area contributed by atoms with E-state index in [2.05, 4.69) is 79.8 Å². The summed E-state index contributed by atoms with van der Waals surface area (Å²) in [5.74, 6) is -0.498. The van der Waals surface area contributed by atoms with Gasteiger partial charge in [0.2, 0.25) is 0 Å². The smallest absolute Gasteiger partial charge is 0.303 e. The minimum absolute atomic E-state index is 0.117. The lowest BCUT2D eigenvalue weighted by atomic mass is 9.99. The maximum absolute atomic E-state index is 11.5. The van der Waals surface area contributed by atoms with Crippen molar-refractivity contribution in [2.45, 2.75) is 141 Å². The van der Waals surface area contributed by atoms with Gasteiger partial charge in [0, 0.05) is 13.5 Å². The van der Waals surface area contributed by atoms with Crippen LogP contribution in [-0.2, 0) is 23.7 Å². The maximum Gasteiger partial charge on any atom is 0.303 e. The molecule has 274 valence electrons. The molecule has 0 aromatic carbocycles. The van der Waals surface area contributed by atoms with Crippen LogP contribution in [-0.4, -0.2) is 89.6 Å². The standard InChI is InChI=1S/C39H64O9/c1-3-4-5-6-7-8-9-10-11-12-13-14-15-16-17-18-19-20-21-22-23-24-25-26-27-28-29-45-31-34(47-33(2)41)32-46-39-38(44)37(43)36(42)35(30-40)48-39/h4-5,7-8,10-11,13-14,16-17,19-20,34-40,42-44H,3,6,9,12,15,18,21-32H2,1-2H3/b5-4-,8-7-,11-10-,14-13-,17-16-,20-19-. The zero-order valence-electron chi connectivity index (χ0n) is 29.5. The van der Waals surface area contributed by atoms with Crippen LogP contribution >= 0.6 is 0 Å². The fourth-order valence-electron chi connectivity index (χ4n) is 4.96. The Hall–Kier alpha value is -2.37. The monoisotopic (exact) mass is 676 g/mol. The van der Waals surface area contributed by atoms with Gasteiger partial charge < -0.3 is 39.4 Å². The summed E-state index contributed by atoms with van der Waals surface area (Å²) in [5, 5.41) is 39.2. The van der Waals surface area contributed by atoms with E-state index in [-0.39, 0.29) is 13.2 Å². The number of esters is 1. The molecule has 1 aliphatic heterocycles. The molecule has 0 aromatic rings. The highest BCUT2D eigenvalue weighted by atomic mass is 16.7. The fourth-order valence-corrected chi connectivity index (χ4v) is 4.96. The molecule has 0 aliphatic carbocycles. The van der Waals surface area contributed by atoms with Crippen LogP contribution in [0.15, 0.2) is 72.9 Å². The van der Waals surface area contributed by atoms with E-state index in [0.717, 1.165) is 64.2 Å². The van der Waals surface area contributed by atoms with Gasteiger partial charge in [0.15, 0.2) is 6.29 Å². The van der Waals surface area contributed by atoms with Crippen LogP contribution in [0.3, 0.4) is 0 Å². The van der Waals surface area contributed by atoms with E-state index in [4.69, 9.17) is 18.9 Å². The summed E-state index contributed by atoms with van der Waals surface area (Å²) in [5.41, 5.74) is 0. The highest BCUT2D eigenvalue weighted by Crippen LogP contribution is 2.22. The lowest BCUT2D eigenvalue weighted by molar-refractivity contribution is -0.305. The second-order valence-electron chi connectivity index (χ2n) is 12.0. The largest absolute Gasteiger partial charge is 0.458 e. The predicted molar refractivity (Wildman–Crippen MR) is 191 cm³/mol. The first kappa shape index (κ1) is 43.7. The van der Waals surface area contributed by atoms with Crippen molar-refractivity contribution >= 4 is 5.97 Å². The van der Waals surface area contributed by atoms with E-state index in [1.54, 1.807) is 0 Å². The number of carbonyl (C=O) groups excluding carboxylic acids is 1. The van der Waals surface area contributed by atoms with Crippen molar-refractivity contribution in [1.82, 2.24) is 0 Å². The van der Waals surface area contributed by atoms with Crippen molar-refractivity contribution in [2.24, 2.45) is 0 Å². The molecular weight excluding hydrogens is 612 g/mol. The topological polar surface area (TPSA) is 135 Å². The van der Waals surface area contributed by atoms with Gasteiger partial charge in [0.25, 0.3) is 0 Å². The Bertz CT molecular complexity index is 953. The number of aliphatic hydroxyl groups excluding tert-OH is 4. The minimum atomic E-state index is -1.54. The molecular formula is C39H64O9. The van der Waals surface area contributed by atoms with E-state index in [1.165, 1.54) is 32.6 Å². The molecule has 0 radical (unpaired) electrons. The number of carbonyl (C=O) groups is 1. The number of rotatable bonds is 28. The molecule has 9 nitrogen and oxygen atoms in total. The molecule has 48 heavy (non-hydrogen) atoms. The zero-order chi connectivity index (χ0) is 35.1. The highest BCUT2D eigenvalue weighted by Gasteiger charge is 2.44. The lowest BCUT2D eigenvalue weighted by Gasteiger charge is -2.39. The van der Waals surface area contributed by atoms with Crippen LogP contribution < -0.4 is 0 Å². The first-order chi connectivity index (χ1) is 23.4. The molecule has 1 saturated heterocycles. The number of ether oxygens (including phenoxy) is 4. The van der Waals surface area contributed by atoms with Gasteiger partial charge in [-0.15, -0.1) is 0 Å². The molecule has 6 atom stereocenters. The minimum Gasteiger partial charge on any atom is -0.458 e. The Balaban J connectivity index is 2.00. The van der Waals surface area contributed by atoms with Gasteiger partial charge >= 0.3 is 5.97 Å². The van der Waals surface area contributed by atoms with Crippen LogP contribution in [0.1, 0.15) is 104 Å². The summed E-state index contributed by atoms with van der Waals surface area (Å²) >= 11 is 0. The third-order valence-corrected chi connectivity index (χ3v) is 7.69. The first-order valence-electron chi connectivity index (χ1n) is 18.0.